The van der Waals surface area contributed by atoms with Gasteiger partial charge in [-0.3, -0.25) is 0 Å². The van der Waals surface area contributed by atoms with Gasteiger partial charge in [-0.05, 0) is 31.7 Å². The van der Waals surface area contributed by atoms with Gasteiger partial charge in [-0.1, -0.05) is 11.6 Å². The first-order valence-electron chi connectivity index (χ1n) is 6.47. The van der Waals surface area contributed by atoms with Gasteiger partial charge in [0.1, 0.15) is 5.03 Å². The number of hydrogen-bond acceptors (Lipinski definition) is 3. The molecule has 2 rings (SSSR count). The van der Waals surface area contributed by atoms with E-state index in [1.807, 2.05) is 0 Å². The average molecular weight is 325 g/mol. The molecule has 1 fully saturated rings. The maximum Gasteiger partial charge on any atom is 0.417 e. The van der Waals surface area contributed by atoms with Crippen LogP contribution in [0.25, 0.3) is 0 Å². The molecule has 1 aliphatic rings. The average Bonchev–Trinajstić information content (AvgIpc) is 3.18. The zero-order valence-electron chi connectivity index (χ0n) is 11.0. The molecule has 2 nitrogen and oxygen atoms in total. The Morgan fingerprint density at radius 2 is 2.20 bits per heavy atom. The van der Waals surface area contributed by atoms with Crippen molar-refractivity contribution in [2.75, 3.05) is 12.3 Å². The van der Waals surface area contributed by atoms with Crippen LogP contribution in [0.15, 0.2) is 17.3 Å². The minimum absolute atomic E-state index is 0.0556. The van der Waals surface area contributed by atoms with E-state index < -0.39 is 11.7 Å². The lowest BCUT2D eigenvalue weighted by Crippen LogP contribution is -2.29. The third-order valence-corrected chi connectivity index (χ3v) is 4.68. The van der Waals surface area contributed by atoms with Crippen LogP contribution in [0, 0.1) is 5.92 Å². The number of thioether (sulfide) groups is 1. The normalized spacial score (nSPS) is 17.2. The van der Waals surface area contributed by atoms with E-state index in [2.05, 4.69) is 17.2 Å². The van der Waals surface area contributed by atoms with Gasteiger partial charge in [-0.2, -0.15) is 13.2 Å². The summed E-state index contributed by atoms with van der Waals surface area (Å²) in [7, 11) is 0. The molecule has 1 atom stereocenters. The summed E-state index contributed by atoms with van der Waals surface area (Å²) in [6.07, 6.45) is -1.00. The molecular formula is C13H16ClF3N2S. The van der Waals surface area contributed by atoms with Crippen molar-refractivity contribution in [1.29, 1.82) is 0 Å². The molecular weight excluding hydrogens is 309 g/mol. The van der Waals surface area contributed by atoms with E-state index in [-0.39, 0.29) is 5.02 Å². The molecule has 7 heteroatoms. The van der Waals surface area contributed by atoms with E-state index >= 15 is 0 Å². The zero-order valence-corrected chi connectivity index (χ0v) is 12.6. The van der Waals surface area contributed by atoms with E-state index in [1.54, 1.807) is 0 Å². The maximum absolute atomic E-state index is 12.5. The van der Waals surface area contributed by atoms with Crippen molar-refractivity contribution < 1.29 is 13.2 Å². The first-order valence-corrected chi connectivity index (χ1v) is 7.83. The summed E-state index contributed by atoms with van der Waals surface area (Å²) in [5, 5.41) is 3.90. The quantitative estimate of drug-likeness (QED) is 0.626. The Labute approximate surface area is 125 Å². The van der Waals surface area contributed by atoms with Crippen molar-refractivity contribution in [2.45, 2.75) is 37.0 Å². The molecule has 1 aromatic heterocycles. The highest BCUT2D eigenvalue weighted by Crippen LogP contribution is 2.34. The lowest BCUT2D eigenvalue weighted by Gasteiger charge is -2.12. The molecule has 1 N–H and O–H groups in total. The molecule has 112 valence electrons. The summed E-state index contributed by atoms with van der Waals surface area (Å²) in [4.78, 5) is 3.79. The van der Waals surface area contributed by atoms with Gasteiger partial charge in [-0.25, -0.2) is 4.98 Å². The molecule has 1 saturated carbocycles. The lowest BCUT2D eigenvalue weighted by molar-refractivity contribution is -0.137. The van der Waals surface area contributed by atoms with E-state index in [0.717, 1.165) is 30.5 Å². The fraction of sp³-hybridized carbons (Fsp3) is 0.615. The number of aromatic nitrogens is 1. The summed E-state index contributed by atoms with van der Waals surface area (Å²) in [5.74, 6) is 1.52. The summed E-state index contributed by atoms with van der Waals surface area (Å²) in [6, 6.07) is 1.43. The molecule has 1 unspecified atom stereocenters. The first-order chi connectivity index (χ1) is 9.38. The molecule has 0 bridgehead atoms. The predicted molar refractivity (Wildman–Crippen MR) is 75.2 cm³/mol. The monoisotopic (exact) mass is 324 g/mol. The van der Waals surface area contributed by atoms with Gasteiger partial charge in [0.15, 0.2) is 0 Å². The number of nitrogens with zero attached hydrogens (tertiary/aromatic N) is 1. The Bertz CT molecular complexity index is 463. The number of pyridine rings is 1. The van der Waals surface area contributed by atoms with Gasteiger partial charge in [-0.15, -0.1) is 11.8 Å². The van der Waals surface area contributed by atoms with Gasteiger partial charge in [0.05, 0.1) is 10.6 Å². The van der Waals surface area contributed by atoms with Gasteiger partial charge in [0.2, 0.25) is 0 Å². The fourth-order valence-corrected chi connectivity index (χ4v) is 2.95. The Hall–Kier alpha value is -0.460. The number of nitrogens with one attached hydrogen (secondary N) is 1. The lowest BCUT2D eigenvalue weighted by atomic mass is 10.2. The minimum Gasteiger partial charge on any atom is -0.313 e. The minimum atomic E-state index is -4.40. The van der Waals surface area contributed by atoms with Crippen molar-refractivity contribution in [3.63, 3.8) is 0 Å². The third kappa shape index (κ3) is 4.53. The van der Waals surface area contributed by atoms with Crippen LogP contribution in [0.1, 0.15) is 25.3 Å². The molecule has 0 aromatic carbocycles. The van der Waals surface area contributed by atoms with Crippen molar-refractivity contribution in [1.82, 2.24) is 10.3 Å². The summed E-state index contributed by atoms with van der Waals surface area (Å²) in [5.41, 5.74) is -0.813. The largest absolute Gasteiger partial charge is 0.417 e. The predicted octanol–water partition coefficient (Wildman–Crippen LogP) is 4.23. The highest BCUT2D eigenvalue weighted by molar-refractivity contribution is 7.99. The maximum atomic E-state index is 12.5. The number of hydrogen-bond donors (Lipinski definition) is 1. The third-order valence-electron chi connectivity index (χ3n) is 3.27. The van der Waals surface area contributed by atoms with Crippen molar-refractivity contribution in [3.05, 3.63) is 22.8 Å². The van der Waals surface area contributed by atoms with Crippen molar-refractivity contribution >= 4 is 23.4 Å². The number of rotatable bonds is 6. The van der Waals surface area contributed by atoms with Crippen LogP contribution in [0.5, 0.6) is 0 Å². The first kappa shape index (κ1) is 15.9. The molecule has 1 aromatic rings. The molecule has 0 aliphatic heterocycles. The van der Waals surface area contributed by atoms with E-state index in [9.17, 15) is 13.2 Å². The Morgan fingerprint density at radius 1 is 1.50 bits per heavy atom. The second-order valence-corrected chi connectivity index (χ2v) is 6.43. The van der Waals surface area contributed by atoms with Crippen LogP contribution in [0.3, 0.4) is 0 Å². The highest BCUT2D eigenvalue weighted by atomic mass is 35.5. The SMILES string of the molecule is CC(NCCSc1ncc(C(F)(F)F)cc1Cl)C1CC1. The van der Waals surface area contributed by atoms with E-state index in [1.165, 1.54) is 24.6 Å². The Balaban J connectivity index is 1.80. The fourth-order valence-electron chi connectivity index (χ4n) is 1.88. The standard InChI is InChI=1S/C13H16ClF3N2S/c1-8(9-2-3-9)18-4-5-20-12-11(14)6-10(7-19-12)13(15,16)17/h6-9,18H,2-5H2,1H3. The molecule has 0 saturated heterocycles. The molecule has 1 heterocycles. The second-order valence-electron chi connectivity index (χ2n) is 4.94. The molecule has 0 radical (unpaired) electrons. The second kappa shape index (κ2) is 6.54. The number of halogens is 4. The zero-order chi connectivity index (χ0) is 14.8. The van der Waals surface area contributed by atoms with Gasteiger partial charge in [0, 0.05) is 24.5 Å². The van der Waals surface area contributed by atoms with Crippen LogP contribution >= 0.6 is 23.4 Å². The summed E-state index contributed by atoms with van der Waals surface area (Å²) < 4.78 is 37.4. The highest BCUT2D eigenvalue weighted by Gasteiger charge is 2.31. The summed E-state index contributed by atoms with van der Waals surface area (Å²) in [6.45, 7) is 2.95. The van der Waals surface area contributed by atoms with Crippen molar-refractivity contribution in [3.8, 4) is 0 Å². The smallest absolute Gasteiger partial charge is 0.313 e. The molecule has 0 amide bonds. The van der Waals surface area contributed by atoms with Crippen LogP contribution in [-0.2, 0) is 6.18 Å². The Kier molecular flexibility index (Phi) is 5.20. The topological polar surface area (TPSA) is 24.9 Å². The van der Waals surface area contributed by atoms with Gasteiger partial charge >= 0.3 is 6.18 Å². The van der Waals surface area contributed by atoms with Crippen LogP contribution in [0.4, 0.5) is 13.2 Å². The van der Waals surface area contributed by atoms with E-state index in [0.29, 0.717) is 11.1 Å². The molecule has 0 spiro atoms. The van der Waals surface area contributed by atoms with E-state index in [4.69, 9.17) is 11.6 Å². The molecule has 20 heavy (non-hydrogen) atoms. The Morgan fingerprint density at radius 3 is 2.75 bits per heavy atom. The van der Waals surface area contributed by atoms with Crippen LogP contribution < -0.4 is 5.32 Å². The van der Waals surface area contributed by atoms with Crippen LogP contribution in [-0.4, -0.2) is 23.3 Å². The number of alkyl halides is 3. The molecule has 1 aliphatic carbocycles. The van der Waals surface area contributed by atoms with Crippen molar-refractivity contribution in [2.24, 2.45) is 5.92 Å². The van der Waals surface area contributed by atoms with Gasteiger partial charge < -0.3 is 5.32 Å². The summed E-state index contributed by atoms with van der Waals surface area (Å²) >= 11 is 7.20. The van der Waals surface area contributed by atoms with Crippen LogP contribution in [0.2, 0.25) is 5.02 Å². The van der Waals surface area contributed by atoms with Gasteiger partial charge in [0.25, 0.3) is 0 Å².